The van der Waals surface area contributed by atoms with Crippen molar-refractivity contribution < 1.29 is 13.9 Å². The summed E-state index contributed by atoms with van der Waals surface area (Å²) in [5.74, 6) is -0.424. The summed E-state index contributed by atoms with van der Waals surface area (Å²) in [6, 6.07) is 14.7. The van der Waals surface area contributed by atoms with Crippen LogP contribution in [0, 0.1) is 5.82 Å². The van der Waals surface area contributed by atoms with E-state index in [0.29, 0.717) is 11.4 Å². The summed E-state index contributed by atoms with van der Waals surface area (Å²) < 4.78 is 20.0. The molecular formula is C17H14FN3O2. The summed E-state index contributed by atoms with van der Waals surface area (Å²) in [5, 5.41) is 6.87. The lowest BCUT2D eigenvalue weighted by Crippen LogP contribution is -2.20. The van der Waals surface area contributed by atoms with E-state index in [1.807, 2.05) is 24.4 Å². The zero-order valence-electron chi connectivity index (χ0n) is 12.1. The smallest absolute Gasteiger partial charge is 0.262 e. The molecule has 0 bridgehead atoms. The number of benzene rings is 2. The Kier molecular flexibility index (Phi) is 4.33. The van der Waals surface area contributed by atoms with Crippen LogP contribution >= 0.6 is 0 Å². The fraction of sp³-hybridized carbons (Fsp3) is 0.0588. The SMILES string of the molecule is O=C(COc1cccc(F)c1)Nc1cccc(-n2cccn2)c1. The van der Waals surface area contributed by atoms with Gasteiger partial charge in [-0.05, 0) is 36.4 Å². The molecule has 0 aliphatic heterocycles. The highest BCUT2D eigenvalue weighted by Gasteiger charge is 2.05. The van der Waals surface area contributed by atoms with Gasteiger partial charge in [0.1, 0.15) is 11.6 Å². The Morgan fingerprint density at radius 3 is 2.83 bits per heavy atom. The van der Waals surface area contributed by atoms with E-state index in [0.717, 1.165) is 5.69 Å². The number of rotatable bonds is 5. The van der Waals surface area contributed by atoms with E-state index in [4.69, 9.17) is 4.74 Å². The first kappa shape index (κ1) is 14.8. The zero-order chi connectivity index (χ0) is 16.1. The lowest BCUT2D eigenvalue weighted by molar-refractivity contribution is -0.118. The van der Waals surface area contributed by atoms with Gasteiger partial charge in [-0.25, -0.2) is 9.07 Å². The molecule has 0 radical (unpaired) electrons. The average Bonchev–Trinajstić information content (AvgIpc) is 3.08. The lowest BCUT2D eigenvalue weighted by atomic mass is 10.2. The number of ether oxygens (including phenoxy) is 1. The van der Waals surface area contributed by atoms with Crippen molar-refractivity contribution in [3.8, 4) is 11.4 Å². The van der Waals surface area contributed by atoms with Crippen LogP contribution in [0.5, 0.6) is 5.75 Å². The van der Waals surface area contributed by atoms with Crippen LogP contribution in [0.1, 0.15) is 0 Å². The molecule has 0 spiro atoms. The predicted molar refractivity (Wildman–Crippen MR) is 84.1 cm³/mol. The molecule has 0 fully saturated rings. The second kappa shape index (κ2) is 6.74. The van der Waals surface area contributed by atoms with Crippen LogP contribution in [0.15, 0.2) is 67.0 Å². The zero-order valence-corrected chi connectivity index (χ0v) is 12.1. The number of nitrogens with zero attached hydrogens (tertiary/aromatic N) is 2. The Morgan fingerprint density at radius 2 is 2.04 bits per heavy atom. The molecule has 1 amide bonds. The van der Waals surface area contributed by atoms with Crippen molar-refractivity contribution in [2.45, 2.75) is 0 Å². The Hall–Kier alpha value is -3.15. The maximum absolute atomic E-state index is 13.0. The highest BCUT2D eigenvalue weighted by atomic mass is 19.1. The number of carbonyl (C=O) groups is 1. The van der Waals surface area contributed by atoms with Gasteiger partial charge in [-0.2, -0.15) is 5.10 Å². The van der Waals surface area contributed by atoms with E-state index in [-0.39, 0.29) is 12.5 Å². The Balaban J connectivity index is 1.61. The van der Waals surface area contributed by atoms with E-state index in [9.17, 15) is 9.18 Å². The van der Waals surface area contributed by atoms with Gasteiger partial charge in [0.2, 0.25) is 0 Å². The second-order valence-corrected chi connectivity index (χ2v) is 4.80. The highest BCUT2D eigenvalue weighted by Crippen LogP contribution is 2.15. The number of amides is 1. The second-order valence-electron chi connectivity index (χ2n) is 4.80. The van der Waals surface area contributed by atoms with E-state index < -0.39 is 5.82 Å². The first-order valence-electron chi connectivity index (χ1n) is 6.99. The molecule has 0 saturated heterocycles. The number of halogens is 1. The van der Waals surface area contributed by atoms with Crippen LogP contribution in [0.3, 0.4) is 0 Å². The molecule has 116 valence electrons. The van der Waals surface area contributed by atoms with Crippen molar-refractivity contribution in [1.82, 2.24) is 9.78 Å². The van der Waals surface area contributed by atoms with Crippen molar-refractivity contribution >= 4 is 11.6 Å². The van der Waals surface area contributed by atoms with Crippen molar-refractivity contribution in [1.29, 1.82) is 0 Å². The molecular weight excluding hydrogens is 297 g/mol. The summed E-state index contributed by atoms with van der Waals surface area (Å²) in [5.41, 5.74) is 1.46. The largest absolute Gasteiger partial charge is 0.484 e. The molecule has 0 unspecified atom stereocenters. The van der Waals surface area contributed by atoms with Crippen molar-refractivity contribution in [2.75, 3.05) is 11.9 Å². The maximum Gasteiger partial charge on any atom is 0.262 e. The molecule has 1 heterocycles. The molecule has 1 N–H and O–H groups in total. The van der Waals surface area contributed by atoms with Crippen molar-refractivity contribution in [3.63, 3.8) is 0 Å². The van der Waals surface area contributed by atoms with Gasteiger partial charge in [0.05, 0.1) is 5.69 Å². The monoisotopic (exact) mass is 311 g/mol. The summed E-state index contributed by atoms with van der Waals surface area (Å²) in [4.78, 5) is 11.9. The van der Waals surface area contributed by atoms with Gasteiger partial charge in [0.25, 0.3) is 5.91 Å². The van der Waals surface area contributed by atoms with Crippen LogP contribution in [0.2, 0.25) is 0 Å². The Morgan fingerprint density at radius 1 is 1.17 bits per heavy atom. The number of anilines is 1. The van der Waals surface area contributed by atoms with Crippen LogP contribution in [0.4, 0.5) is 10.1 Å². The molecule has 0 atom stereocenters. The van der Waals surface area contributed by atoms with E-state index >= 15 is 0 Å². The van der Waals surface area contributed by atoms with Crippen molar-refractivity contribution in [2.24, 2.45) is 0 Å². The summed E-state index contributed by atoms with van der Waals surface area (Å²) in [6.45, 7) is -0.199. The molecule has 6 heteroatoms. The minimum absolute atomic E-state index is 0.199. The molecule has 5 nitrogen and oxygen atoms in total. The minimum Gasteiger partial charge on any atom is -0.484 e. The standard InChI is InChI=1S/C17H14FN3O2/c18-13-4-1-7-16(10-13)23-12-17(22)20-14-5-2-6-15(11-14)21-9-3-8-19-21/h1-11H,12H2,(H,20,22). The Bertz CT molecular complexity index is 803. The third kappa shape index (κ3) is 3.94. The third-order valence-electron chi connectivity index (χ3n) is 3.06. The summed E-state index contributed by atoms with van der Waals surface area (Å²) >= 11 is 0. The normalized spacial score (nSPS) is 10.3. The summed E-state index contributed by atoms with van der Waals surface area (Å²) in [6.07, 6.45) is 3.49. The minimum atomic E-state index is -0.408. The topological polar surface area (TPSA) is 56.1 Å². The number of nitrogens with one attached hydrogen (secondary N) is 1. The molecule has 3 rings (SSSR count). The quantitative estimate of drug-likeness (QED) is 0.788. The highest BCUT2D eigenvalue weighted by molar-refractivity contribution is 5.92. The summed E-state index contributed by atoms with van der Waals surface area (Å²) in [7, 11) is 0. The fourth-order valence-electron chi connectivity index (χ4n) is 2.05. The fourth-order valence-corrected chi connectivity index (χ4v) is 2.05. The van der Waals surface area contributed by atoms with Crippen molar-refractivity contribution in [3.05, 3.63) is 72.8 Å². The Labute approximate surface area is 132 Å². The molecule has 0 aliphatic rings. The molecule has 0 aliphatic carbocycles. The average molecular weight is 311 g/mol. The third-order valence-corrected chi connectivity index (χ3v) is 3.06. The molecule has 2 aromatic carbocycles. The van der Waals surface area contributed by atoms with Gasteiger partial charge in [0.15, 0.2) is 6.61 Å². The number of hydrogen-bond donors (Lipinski definition) is 1. The van der Waals surface area contributed by atoms with Gasteiger partial charge in [-0.3, -0.25) is 4.79 Å². The van der Waals surface area contributed by atoms with Gasteiger partial charge >= 0.3 is 0 Å². The van der Waals surface area contributed by atoms with Crippen LogP contribution in [-0.2, 0) is 4.79 Å². The van der Waals surface area contributed by atoms with E-state index in [1.54, 1.807) is 29.1 Å². The first-order chi connectivity index (χ1) is 11.2. The molecule has 1 aromatic heterocycles. The van der Waals surface area contributed by atoms with Gasteiger partial charge < -0.3 is 10.1 Å². The molecule has 0 saturated carbocycles. The first-order valence-corrected chi connectivity index (χ1v) is 6.99. The van der Waals surface area contributed by atoms with Gasteiger partial charge in [0, 0.05) is 24.1 Å². The molecule has 3 aromatic rings. The maximum atomic E-state index is 13.0. The number of aromatic nitrogens is 2. The number of carbonyl (C=O) groups excluding carboxylic acids is 1. The molecule has 23 heavy (non-hydrogen) atoms. The van der Waals surface area contributed by atoms with E-state index in [2.05, 4.69) is 10.4 Å². The van der Waals surface area contributed by atoms with Crippen LogP contribution in [0.25, 0.3) is 5.69 Å². The van der Waals surface area contributed by atoms with Crippen LogP contribution < -0.4 is 10.1 Å². The van der Waals surface area contributed by atoms with Gasteiger partial charge in [-0.15, -0.1) is 0 Å². The van der Waals surface area contributed by atoms with E-state index in [1.165, 1.54) is 18.2 Å². The van der Waals surface area contributed by atoms with Gasteiger partial charge in [-0.1, -0.05) is 12.1 Å². The number of hydrogen-bond acceptors (Lipinski definition) is 3. The predicted octanol–water partition coefficient (Wildman–Crippen LogP) is 3.03. The van der Waals surface area contributed by atoms with Crippen LogP contribution in [-0.4, -0.2) is 22.3 Å². The lowest BCUT2D eigenvalue weighted by Gasteiger charge is -2.09.